The normalized spacial score (nSPS) is 23.1. The molecule has 1 fully saturated rings. The van der Waals surface area contributed by atoms with Gasteiger partial charge in [0.25, 0.3) is 0 Å². The Morgan fingerprint density at radius 1 is 1.29 bits per heavy atom. The van der Waals surface area contributed by atoms with Gasteiger partial charge in [0, 0.05) is 6.54 Å². The van der Waals surface area contributed by atoms with Crippen molar-refractivity contribution in [1.29, 1.82) is 0 Å². The molecule has 84 valence electrons. The summed E-state index contributed by atoms with van der Waals surface area (Å²) in [5, 5.41) is 3.46. The highest BCUT2D eigenvalue weighted by molar-refractivity contribution is 4.74. The highest BCUT2D eigenvalue weighted by atomic mass is 15.1. The third kappa shape index (κ3) is 4.43. The first-order chi connectivity index (χ1) is 6.86. The Kier molecular flexibility index (Phi) is 6.20. The van der Waals surface area contributed by atoms with Gasteiger partial charge in [0.15, 0.2) is 0 Å². The van der Waals surface area contributed by atoms with Crippen molar-refractivity contribution in [2.45, 2.75) is 39.5 Å². The first-order valence-corrected chi connectivity index (χ1v) is 6.29. The van der Waals surface area contributed by atoms with Crippen LogP contribution in [0.4, 0.5) is 0 Å². The van der Waals surface area contributed by atoms with Gasteiger partial charge in [-0.1, -0.05) is 20.3 Å². The lowest BCUT2D eigenvalue weighted by atomic mass is 10.1. The average Bonchev–Trinajstić information content (AvgIpc) is 2.65. The lowest BCUT2D eigenvalue weighted by Crippen LogP contribution is -2.26. The van der Waals surface area contributed by atoms with Crippen molar-refractivity contribution < 1.29 is 0 Å². The van der Waals surface area contributed by atoms with Gasteiger partial charge < -0.3 is 10.2 Å². The highest BCUT2D eigenvalue weighted by Crippen LogP contribution is 2.18. The van der Waals surface area contributed by atoms with E-state index in [2.05, 4.69) is 24.1 Å². The fourth-order valence-corrected chi connectivity index (χ4v) is 2.18. The molecule has 1 atom stereocenters. The zero-order valence-electron chi connectivity index (χ0n) is 9.89. The molecular formula is C12H26N2. The Hall–Kier alpha value is -0.0800. The van der Waals surface area contributed by atoms with Crippen LogP contribution in [0.2, 0.25) is 0 Å². The van der Waals surface area contributed by atoms with Crippen LogP contribution in [0.25, 0.3) is 0 Å². The van der Waals surface area contributed by atoms with Crippen molar-refractivity contribution in [3.05, 3.63) is 0 Å². The van der Waals surface area contributed by atoms with E-state index in [1.807, 2.05) is 0 Å². The maximum atomic E-state index is 3.46. The minimum atomic E-state index is 0.985. The van der Waals surface area contributed by atoms with Crippen LogP contribution in [0.15, 0.2) is 0 Å². The van der Waals surface area contributed by atoms with Crippen molar-refractivity contribution in [3.8, 4) is 0 Å². The number of nitrogens with zero attached hydrogens (tertiary/aromatic N) is 1. The van der Waals surface area contributed by atoms with Gasteiger partial charge in [0.1, 0.15) is 0 Å². The number of rotatable bonds is 7. The van der Waals surface area contributed by atoms with Crippen LogP contribution in [0.5, 0.6) is 0 Å². The van der Waals surface area contributed by atoms with Crippen molar-refractivity contribution in [1.82, 2.24) is 10.2 Å². The summed E-state index contributed by atoms with van der Waals surface area (Å²) in [5.74, 6) is 0.985. The second-order valence-corrected chi connectivity index (χ2v) is 4.47. The molecular weight excluding hydrogens is 172 g/mol. The Balaban J connectivity index is 1.92. The molecule has 0 aromatic rings. The molecule has 0 spiro atoms. The van der Waals surface area contributed by atoms with Gasteiger partial charge in [-0.25, -0.2) is 0 Å². The minimum Gasteiger partial charge on any atom is -0.317 e. The molecule has 2 heteroatoms. The molecule has 1 aliphatic rings. The van der Waals surface area contributed by atoms with Crippen LogP contribution in [0.3, 0.4) is 0 Å². The molecule has 1 aliphatic heterocycles. The van der Waals surface area contributed by atoms with Crippen molar-refractivity contribution in [3.63, 3.8) is 0 Å². The summed E-state index contributed by atoms with van der Waals surface area (Å²) in [6.07, 6.45) is 5.36. The molecule has 1 saturated heterocycles. The SMILES string of the molecule is CCCNCCCN1CCC(CC)C1. The van der Waals surface area contributed by atoms with Crippen LogP contribution in [0.1, 0.15) is 39.5 Å². The topological polar surface area (TPSA) is 15.3 Å². The summed E-state index contributed by atoms with van der Waals surface area (Å²) in [7, 11) is 0. The van der Waals surface area contributed by atoms with Crippen LogP contribution >= 0.6 is 0 Å². The van der Waals surface area contributed by atoms with Crippen LogP contribution in [-0.4, -0.2) is 37.6 Å². The quantitative estimate of drug-likeness (QED) is 0.630. The van der Waals surface area contributed by atoms with Crippen molar-refractivity contribution >= 4 is 0 Å². The summed E-state index contributed by atoms with van der Waals surface area (Å²) >= 11 is 0. The van der Waals surface area contributed by atoms with E-state index in [1.54, 1.807) is 0 Å². The lowest BCUT2D eigenvalue weighted by molar-refractivity contribution is 0.316. The largest absolute Gasteiger partial charge is 0.317 e. The molecule has 14 heavy (non-hydrogen) atoms. The van der Waals surface area contributed by atoms with Gasteiger partial charge in [-0.3, -0.25) is 0 Å². The maximum absolute atomic E-state index is 3.46. The van der Waals surface area contributed by atoms with E-state index in [9.17, 15) is 0 Å². The van der Waals surface area contributed by atoms with Crippen LogP contribution in [-0.2, 0) is 0 Å². The zero-order chi connectivity index (χ0) is 10.2. The Labute approximate surface area is 89.1 Å². The van der Waals surface area contributed by atoms with E-state index in [0.717, 1.165) is 5.92 Å². The molecule has 1 unspecified atom stereocenters. The third-order valence-electron chi connectivity index (χ3n) is 3.20. The number of hydrogen-bond donors (Lipinski definition) is 1. The predicted octanol–water partition coefficient (Wildman–Crippen LogP) is 2.11. The van der Waals surface area contributed by atoms with E-state index >= 15 is 0 Å². The first-order valence-electron chi connectivity index (χ1n) is 6.29. The van der Waals surface area contributed by atoms with Gasteiger partial charge >= 0.3 is 0 Å². The number of likely N-dealkylation sites (tertiary alicyclic amines) is 1. The zero-order valence-corrected chi connectivity index (χ0v) is 9.89. The molecule has 2 nitrogen and oxygen atoms in total. The highest BCUT2D eigenvalue weighted by Gasteiger charge is 2.19. The Bertz CT molecular complexity index is 136. The van der Waals surface area contributed by atoms with Gasteiger partial charge in [-0.2, -0.15) is 0 Å². The fraction of sp³-hybridized carbons (Fsp3) is 1.00. The van der Waals surface area contributed by atoms with Gasteiger partial charge in [-0.15, -0.1) is 0 Å². The van der Waals surface area contributed by atoms with E-state index in [1.165, 1.54) is 58.4 Å². The molecule has 0 aromatic carbocycles. The molecule has 0 saturated carbocycles. The molecule has 1 rings (SSSR count). The number of hydrogen-bond acceptors (Lipinski definition) is 2. The smallest absolute Gasteiger partial charge is 0.00100 e. The average molecular weight is 198 g/mol. The van der Waals surface area contributed by atoms with Crippen LogP contribution < -0.4 is 5.32 Å². The molecule has 1 N–H and O–H groups in total. The maximum Gasteiger partial charge on any atom is 0.00100 e. The third-order valence-corrected chi connectivity index (χ3v) is 3.20. The summed E-state index contributed by atoms with van der Waals surface area (Å²) in [6, 6.07) is 0. The van der Waals surface area contributed by atoms with E-state index < -0.39 is 0 Å². The monoisotopic (exact) mass is 198 g/mol. The van der Waals surface area contributed by atoms with Gasteiger partial charge in [0.2, 0.25) is 0 Å². The Morgan fingerprint density at radius 2 is 2.14 bits per heavy atom. The molecule has 0 radical (unpaired) electrons. The molecule has 0 aliphatic carbocycles. The van der Waals surface area contributed by atoms with E-state index in [-0.39, 0.29) is 0 Å². The predicted molar refractivity (Wildman–Crippen MR) is 62.6 cm³/mol. The molecule has 0 amide bonds. The van der Waals surface area contributed by atoms with Gasteiger partial charge in [-0.05, 0) is 51.4 Å². The minimum absolute atomic E-state index is 0.985. The Morgan fingerprint density at radius 3 is 2.79 bits per heavy atom. The summed E-state index contributed by atoms with van der Waals surface area (Å²) in [6.45, 7) is 10.9. The van der Waals surface area contributed by atoms with Crippen LogP contribution in [0, 0.1) is 5.92 Å². The second kappa shape index (κ2) is 7.24. The van der Waals surface area contributed by atoms with Crippen molar-refractivity contribution in [2.75, 3.05) is 32.7 Å². The molecule has 0 aromatic heterocycles. The van der Waals surface area contributed by atoms with Crippen molar-refractivity contribution in [2.24, 2.45) is 5.92 Å². The lowest BCUT2D eigenvalue weighted by Gasteiger charge is -2.15. The first kappa shape index (κ1) is 12.0. The van der Waals surface area contributed by atoms with E-state index in [4.69, 9.17) is 0 Å². The summed E-state index contributed by atoms with van der Waals surface area (Å²) < 4.78 is 0. The second-order valence-electron chi connectivity index (χ2n) is 4.47. The number of nitrogens with one attached hydrogen (secondary N) is 1. The molecule has 1 heterocycles. The van der Waals surface area contributed by atoms with E-state index in [0.29, 0.717) is 0 Å². The summed E-state index contributed by atoms with van der Waals surface area (Å²) in [4.78, 5) is 2.63. The summed E-state index contributed by atoms with van der Waals surface area (Å²) in [5.41, 5.74) is 0. The standard InChI is InChI=1S/C12H26N2/c1-3-7-13-8-5-9-14-10-6-12(4-2)11-14/h12-13H,3-11H2,1-2H3. The van der Waals surface area contributed by atoms with Gasteiger partial charge in [0.05, 0.1) is 0 Å². The molecule has 0 bridgehead atoms. The fourth-order valence-electron chi connectivity index (χ4n) is 2.18.